The topological polar surface area (TPSA) is 108 Å². The predicted octanol–water partition coefficient (Wildman–Crippen LogP) is 2.14. The second kappa shape index (κ2) is 8.37. The number of rotatable bonds is 4. The van der Waals surface area contributed by atoms with E-state index >= 15 is 0 Å². The molecule has 6 amide bonds. The molecule has 1 heterocycles. The summed E-state index contributed by atoms with van der Waals surface area (Å²) in [5.74, 6) is -3.16. The second-order valence-electron chi connectivity index (χ2n) is 7.96. The molecule has 2 aliphatic rings. The Morgan fingerprint density at radius 1 is 1.23 bits per heavy atom. The maximum absolute atomic E-state index is 14.2. The molecule has 2 fully saturated rings. The summed E-state index contributed by atoms with van der Waals surface area (Å²) in [5.41, 5.74) is -2.23. The van der Waals surface area contributed by atoms with Gasteiger partial charge in [-0.25, -0.2) is 18.4 Å². The van der Waals surface area contributed by atoms with E-state index in [2.05, 4.69) is 16.0 Å². The number of imide groups is 2. The van der Waals surface area contributed by atoms with Crippen LogP contribution in [0.5, 0.6) is 0 Å². The lowest BCUT2D eigenvalue weighted by molar-refractivity contribution is -0.134. The van der Waals surface area contributed by atoms with E-state index in [1.54, 1.807) is 0 Å². The summed E-state index contributed by atoms with van der Waals surface area (Å²) in [4.78, 5) is 49.9. The van der Waals surface area contributed by atoms with Gasteiger partial charge in [0.15, 0.2) is 0 Å². The molecule has 8 nitrogen and oxygen atoms in total. The molecule has 10 heteroatoms. The summed E-state index contributed by atoms with van der Waals surface area (Å²) in [6, 6.07) is 0.854. The van der Waals surface area contributed by atoms with E-state index < -0.39 is 47.6 Å². The molecule has 0 bridgehead atoms. The van der Waals surface area contributed by atoms with Crippen molar-refractivity contribution in [2.45, 2.75) is 51.1 Å². The minimum absolute atomic E-state index is 0.0532. The molecule has 0 radical (unpaired) electrons. The van der Waals surface area contributed by atoms with Crippen molar-refractivity contribution in [1.29, 1.82) is 0 Å². The summed E-state index contributed by atoms with van der Waals surface area (Å²) < 4.78 is 27.7. The molecule has 3 atom stereocenters. The van der Waals surface area contributed by atoms with Gasteiger partial charge in [-0.05, 0) is 43.9 Å². The normalized spacial score (nSPS) is 26.3. The Morgan fingerprint density at radius 2 is 1.93 bits per heavy atom. The van der Waals surface area contributed by atoms with Crippen LogP contribution in [0.3, 0.4) is 0 Å². The third-order valence-corrected chi connectivity index (χ3v) is 5.72. The van der Waals surface area contributed by atoms with Gasteiger partial charge in [0.25, 0.3) is 5.91 Å². The van der Waals surface area contributed by atoms with E-state index in [0.29, 0.717) is 4.90 Å². The summed E-state index contributed by atoms with van der Waals surface area (Å²) in [6.07, 6.45) is 3.88. The monoisotopic (exact) mass is 422 g/mol. The van der Waals surface area contributed by atoms with Crippen LogP contribution in [0, 0.1) is 17.6 Å². The van der Waals surface area contributed by atoms with Crippen LogP contribution >= 0.6 is 0 Å². The van der Waals surface area contributed by atoms with Gasteiger partial charge in [0.05, 0.1) is 0 Å². The standard InChI is InChI=1S/C20H24F2N4O4/c1-11-5-3-4-6-15(11)23-18(29)24-16(27)10-26-17(28)20(2,25-19(26)30)13-9-12(21)7-8-14(13)22/h7-9,11,15H,3-6,10H2,1-2H3,(H,25,30)(H2,23,24,27,29)/t11-,15-,20-/m1/s1. The Kier molecular flexibility index (Phi) is 6.04. The highest BCUT2D eigenvalue weighted by molar-refractivity contribution is 6.10. The van der Waals surface area contributed by atoms with Crippen molar-refractivity contribution in [3.8, 4) is 0 Å². The molecule has 0 aromatic heterocycles. The zero-order valence-electron chi connectivity index (χ0n) is 16.8. The first-order chi connectivity index (χ1) is 14.1. The molecule has 162 valence electrons. The van der Waals surface area contributed by atoms with Crippen LogP contribution in [0.2, 0.25) is 0 Å². The SMILES string of the molecule is C[C@@H]1CCCC[C@H]1NC(=O)NC(=O)CN1C(=O)N[C@](C)(c2cc(F)ccc2F)C1=O. The maximum atomic E-state index is 14.2. The zero-order valence-corrected chi connectivity index (χ0v) is 16.8. The van der Waals surface area contributed by atoms with Crippen LogP contribution in [0.4, 0.5) is 18.4 Å². The van der Waals surface area contributed by atoms with Crippen LogP contribution in [0.1, 0.15) is 45.1 Å². The Morgan fingerprint density at radius 3 is 2.63 bits per heavy atom. The lowest BCUT2D eigenvalue weighted by Gasteiger charge is -2.29. The minimum Gasteiger partial charge on any atom is -0.335 e. The molecular formula is C20H24F2N4O4. The number of hydrogen-bond donors (Lipinski definition) is 3. The van der Waals surface area contributed by atoms with Crippen LogP contribution in [0.15, 0.2) is 18.2 Å². The fourth-order valence-corrected chi connectivity index (χ4v) is 3.95. The number of nitrogens with one attached hydrogen (secondary N) is 3. The van der Waals surface area contributed by atoms with E-state index in [1.165, 1.54) is 6.92 Å². The Labute approximate surface area is 172 Å². The number of carbonyl (C=O) groups is 4. The Balaban J connectivity index is 1.64. The number of benzene rings is 1. The fourth-order valence-electron chi connectivity index (χ4n) is 3.95. The van der Waals surface area contributed by atoms with E-state index in [-0.39, 0.29) is 17.5 Å². The largest absolute Gasteiger partial charge is 0.335 e. The van der Waals surface area contributed by atoms with Gasteiger partial charge in [0.1, 0.15) is 23.7 Å². The quantitative estimate of drug-likeness (QED) is 0.646. The summed E-state index contributed by atoms with van der Waals surface area (Å²) in [5, 5.41) is 7.14. The fraction of sp³-hybridized carbons (Fsp3) is 0.500. The molecule has 30 heavy (non-hydrogen) atoms. The molecule has 3 N–H and O–H groups in total. The van der Waals surface area contributed by atoms with Gasteiger partial charge in [-0.15, -0.1) is 0 Å². The van der Waals surface area contributed by atoms with Gasteiger partial charge in [0.2, 0.25) is 5.91 Å². The third kappa shape index (κ3) is 4.27. The van der Waals surface area contributed by atoms with Crippen molar-refractivity contribution in [3.63, 3.8) is 0 Å². The van der Waals surface area contributed by atoms with E-state index in [9.17, 15) is 28.0 Å². The van der Waals surface area contributed by atoms with E-state index in [4.69, 9.17) is 0 Å². The summed E-state index contributed by atoms with van der Waals surface area (Å²) in [7, 11) is 0. The molecule has 3 rings (SSSR count). The van der Waals surface area contributed by atoms with Gasteiger partial charge in [-0.3, -0.25) is 19.8 Å². The summed E-state index contributed by atoms with van der Waals surface area (Å²) in [6.45, 7) is 2.51. The van der Waals surface area contributed by atoms with Crippen molar-refractivity contribution >= 4 is 23.9 Å². The zero-order chi connectivity index (χ0) is 22.1. The molecule has 1 saturated heterocycles. The number of carbonyl (C=O) groups excluding carboxylic acids is 4. The van der Waals surface area contributed by atoms with Gasteiger partial charge in [0, 0.05) is 11.6 Å². The number of nitrogens with zero attached hydrogens (tertiary/aromatic N) is 1. The third-order valence-electron chi connectivity index (χ3n) is 5.72. The van der Waals surface area contributed by atoms with Crippen molar-refractivity contribution in [2.75, 3.05) is 6.54 Å². The number of hydrogen-bond acceptors (Lipinski definition) is 4. The van der Waals surface area contributed by atoms with E-state index in [0.717, 1.165) is 43.9 Å². The molecule has 1 aromatic carbocycles. The van der Waals surface area contributed by atoms with Crippen LogP contribution in [-0.4, -0.2) is 41.4 Å². The van der Waals surface area contributed by atoms with E-state index in [1.807, 2.05) is 6.92 Å². The van der Waals surface area contributed by atoms with Crippen molar-refractivity contribution in [3.05, 3.63) is 35.4 Å². The number of urea groups is 2. The smallest absolute Gasteiger partial charge is 0.325 e. The van der Waals surface area contributed by atoms with Crippen LogP contribution in [0.25, 0.3) is 0 Å². The first kappa shape index (κ1) is 21.7. The molecular weight excluding hydrogens is 398 g/mol. The van der Waals surface area contributed by atoms with Crippen molar-refractivity contribution in [1.82, 2.24) is 20.9 Å². The van der Waals surface area contributed by atoms with Crippen LogP contribution in [-0.2, 0) is 15.1 Å². The lowest BCUT2D eigenvalue weighted by atomic mass is 9.86. The average molecular weight is 422 g/mol. The van der Waals surface area contributed by atoms with Crippen molar-refractivity contribution < 1.29 is 28.0 Å². The molecule has 1 saturated carbocycles. The number of halogens is 2. The van der Waals surface area contributed by atoms with Gasteiger partial charge >= 0.3 is 12.1 Å². The van der Waals surface area contributed by atoms with Gasteiger partial charge in [-0.2, -0.15) is 0 Å². The average Bonchev–Trinajstić information content (AvgIpc) is 2.89. The lowest BCUT2D eigenvalue weighted by Crippen LogP contribution is -2.50. The van der Waals surface area contributed by atoms with Gasteiger partial charge in [-0.1, -0.05) is 19.8 Å². The first-order valence-corrected chi connectivity index (χ1v) is 9.82. The highest BCUT2D eigenvalue weighted by Crippen LogP contribution is 2.31. The second-order valence-corrected chi connectivity index (χ2v) is 7.96. The Bertz CT molecular complexity index is 894. The number of amides is 6. The Hall–Kier alpha value is -3.04. The molecule has 0 unspecified atom stereocenters. The molecule has 0 spiro atoms. The van der Waals surface area contributed by atoms with Crippen molar-refractivity contribution in [2.24, 2.45) is 5.92 Å². The highest BCUT2D eigenvalue weighted by atomic mass is 19.1. The molecule has 1 aromatic rings. The summed E-state index contributed by atoms with van der Waals surface area (Å²) >= 11 is 0. The van der Waals surface area contributed by atoms with Gasteiger partial charge < -0.3 is 10.6 Å². The maximum Gasteiger partial charge on any atom is 0.325 e. The molecule has 1 aliphatic carbocycles. The first-order valence-electron chi connectivity index (χ1n) is 9.82. The predicted molar refractivity (Wildman–Crippen MR) is 102 cm³/mol. The van der Waals surface area contributed by atoms with Crippen LogP contribution < -0.4 is 16.0 Å². The molecule has 1 aliphatic heterocycles. The minimum atomic E-state index is -1.87. The highest BCUT2D eigenvalue weighted by Gasteiger charge is 2.51.